The molecule has 0 fully saturated rings. The number of nitrogens with zero attached hydrogens (tertiary/aromatic N) is 1. The molecule has 2 aromatic rings. The van der Waals surface area contributed by atoms with Crippen molar-refractivity contribution in [3.05, 3.63) is 58.6 Å². The van der Waals surface area contributed by atoms with E-state index >= 15 is 0 Å². The Bertz CT molecular complexity index is 577. The summed E-state index contributed by atoms with van der Waals surface area (Å²) in [6.07, 6.45) is 2.00. The number of hydrogen-bond acceptors (Lipinski definition) is 3. The summed E-state index contributed by atoms with van der Waals surface area (Å²) in [4.78, 5) is 3.98. The van der Waals surface area contributed by atoms with Gasteiger partial charge in [0.05, 0.1) is 17.8 Å². The average Bonchev–Trinajstić information content (AvgIpc) is 2.42. The maximum absolute atomic E-state index is 13.4. The van der Waals surface area contributed by atoms with Gasteiger partial charge in [-0.25, -0.2) is 4.39 Å². The lowest BCUT2D eigenvalue weighted by Crippen LogP contribution is -2.03. The monoisotopic (exact) mass is 281 g/mol. The number of aliphatic hydroxyl groups excluding tert-OH is 1. The van der Waals surface area contributed by atoms with E-state index in [4.69, 9.17) is 16.3 Å². The van der Waals surface area contributed by atoms with Crippen molar-refractivity contribution in [3.63, 3.8) is 0 Å². The Morgan fingerprint density at radius 3 is 2.95 bits per heavy atom. The smallest absolute Gasteiger partial charge is 0.142 e. The number of aromatic nitrogens is 1. The molecule has 2 rings (SSSR count). The number of ether oxygens (including phenoxy) is 1. The van der Waals surface area contributed by atoms with Crippen LogP contribution in [-0.2, 0) is 0 Å². The molecule has 1 atom stereocenters. The minimum atomic E-state index is -1.05. The van der Waals surface area contributed by atoms with Crippen molar-refractivity contribution in [3.8, 4) is 5.75 Å². The molecular weight excluding hydrogens is 269 g/mol. The van der Waals surface area contributed by atoms with Crippen LogP contribution in [0.15, 0.2) is 36.7 Å². The number of halogens is 2. The lowest BCUT2D eigenvalue weighted by atomic mass is 10.0. The summed E-state index contributed by atoms with van der Waals surface area (Å²) in [6.45, 7) is 2.36. The predicted octanol–water partition coefficient (Wildman–Crippen LogP) is 3.35. The van der Waals surface area contributed by atoms with Crippen LogP contribution in [0.1, 0.15) is 24.2 Å². The van der Waals surface area contributed by atoms with E-state index < -0.39 is 11.9 Å². The summed E-state index contributed by atoms with van der Waals surface area (Å²) in [7, 11) is 0. The van der Waals surface area contributed by atoms with Gasteiger partial charge in [-0.2, -0.15) is 0 Å². The summed E-state index contributed by atoms with van der Waals surface area (Å²) < 4.78 is 18.7. The summed E-state index contributed by atoms with van der Waals surface area (Å²) in [6, 6.07) is 5.97. The number of rotatable bonds is 4. The highest BCUT2D eigenvalue weighted by Crippen LogP contribution is 2.30. The third kappa shape index (κ3) is 3.03. The fourth-order valence-corrected chi connectivity index (χ4v) is 1.97. The van der Waals surface area contributed by atoms with Gasteiger partial charge in [0.25, 0.3) is 0 Å². The van der Waals surface area contributed by atoms with E-state index in [1.165, 1.54) is 18.3 Å². The van der Waals surface area contributed by atoms with Crippen molar-refractivity contribution in [1.82, 2.24) is 4.98 Å². The van der Waals surface area contributed by atoms with E-state index in [0.29, 0.717) is 23.5 Å². The second-order valence-electron chi connectivity index (χ2n) is 3.93. The van der Waals surface area contributed by atoms with E-state index in [2.05, 4.69) is 4.98 Å². The van der Waals surface area contributed by atoms with Gasteiger partial charge in [-0.1, -0.05) is 23.7 Å². The molecule has 100 valence electrons. The van der Waals surface area contributed by atoms with Crippen LogP contribution in [0.3, 0.4) is 0 Å². The van der Waals surface area contributed by atoms with Crippen LogP contribution >= 0.6 is 11.6 Å². The zero-order valence-corrected chi connectivity index (χ0v) is 11.1. The van der Waals surface area contributed by atoms with Crippen molar-refractivity contribution in [2.24, 2.45) is 0 Å². The molecule has 1 N–H and O–H groups in total. The molecule has 0 radical (unpaired) electrons. The molecule has 0 aliphatic carbocycles. The van der Waals surface area contributed by atoms with Crippen LogP contribution in [0.2, 0.25) is 5.02 Å². The van der Waals surface area contributed by atoms with Gasteiger partial charge < -0.3 is 9.84 Å². The number of aliphatic hydroxyl groups is 1. The molecule has 19 heavy (non-hydrogen) atoms. The highest BCUT2D eigenvalue weighted by Gasteiger charge is 2.17. The summed E-state index contributed by atoms with van der Waals surface area (Å²) in [5.41, 5.74) is 0.801. The highest BCUT2D eigenvalue weighted by molar-refractivity contribution is 6.31. The standard InChI is InChI=1S/C14H13ClFNO2/c1-2-19-10-6-9(7-17-8-10)14(18)11-4-3-5-12(16)13(11)15/h3-8,14,18H,2H2,1H3. The first-order valence-corrected chi connectivity index (χ1v) is 6.21. The molecule has 1 aromatic heterocycles. The molecule has 5 heteroatoms. The van der Waals surface area contributed by atoms with Gasteiger partial charge in [0.2, 0.25) is 0 Å². The summed E-state index contributed by atoms with van der Waals surface area (Å²) in [5.74, 6) is -0.0151. The molecule has 0 saturated carbocycles. The lowest BCUT2D eigenvalue weighted by molar-refractivity contribution is 0.218. The Hall–Kier alpha value is -1.65. The van der Waals surface area contributed by atoms with Gasteiger partial charge in [-0.3, -0.25) is 4.98 Å². The van der Waals surface area contributed by atoms with Crippen LogP contribution < -0.4 is 4.74 Å². The largest absolute Gasteiger partial charge is 0.492 e. The van der Waals surface area contributed by atoms with Gasteiger partial charge in [0.15, 0.2) is 0 Å². The molecule has 1 unspecified atom stereocenters. The number of hydrogen-bond donors (Lipinski definition) is 1. The minimum absolute atomic E-state index is 0.0863. The van der Waals surface area contributed by atoms with Gasteiger partial charge >= 0.3 is 0 Å². The summed E-state index contributed by atoms with van der Waals surface area (Å²) in [5, 5.41) is 10.2. The van der Waals surface area contributed by atoms with Gasteiger partial charge in [-0.05, 0) is 19.1 Å². The molecule has 1 heterocycles. The van der Waals surface area contributed by atoms with Crippen molar-refractivity contribution in [2.45, 2.75) is 13.0 Å². The van der Waals surface area contributed by atoms with Crippen molar-refractivity contribution < 1.29 is 14.2 Å². The molecule has 1 aromatic carbocycles. The van der Waals surface area contributed by atoms with Crippen molar-refractivity contribution >= 4 is 11.6 Å². The van der Waals surface area contributed by atoms with E-state index in [9.17, 15) is 9.50 Å². The average molecular weight is 282 g/mol. The van der Waals surface area contributed by atoms with Gasteiger partial charge in [0, 0.05) is 17.3 Å². The predicted molar refractivity (Wildman–Crippen MR) is 70.9 cm³/mol. The topological polar surface area (TPSA) is 42.4 Å². The minimum Gasteiger partial charge on any atom is -0.492 e. The zero-order valence-electron chi connectivity index (χ0n) is 10.3. The normalized spacial score (nSPS) is 12.2. The third-order valence-corrected chi connectivity index (χ3v) is 3.04. The Kier molecular flexibility index (Phi) is 4.35. The Labute approximate surface area is 115 Å². The number of benzene rings is 1. The Morgan fingerprint density at radius 1 is 1.42 bits per heavy atom. The van der Waals surface area contributed by atoms with Gasteiger partial charge in [-0.15, -0.1) is 0 Å². The molecule has 0 bridgehead atoms. The maximum atomic E-state index is 13.4. The van der Waals surface area contributed by atoms with Gasteiger partial charge in [0.1, 0.15) is 17.7 Å². The third-order valence-electron chi connectivity index (χ3n) is 2.64. The van der Waals surface area contributed by atoms with Crippen LogP contribution in [0.25, 0.3) is 0 Å². The number of pyridine rings is 1. The molecule has 0 spiro atoms. The van der Waals surface area contributed by atoms with E-state index in [0.717, 1.165) is 0 Å². The molecule has 3 nitrogen and oxygen atoms in total. The maximum Gasteiger partial charge on any atom is 0.142 e. The fourth-order valence-electron chi connectivity index (χ4n) is 1.74. The van der Waals surface area contributed by atoms with Crippen LogP contribution in [-0.4, -0.2) is 16.7 Å². The van der Waals surface area contributed by atoms with Crippen LogP contribution in [0.5, 0.6) is 5.75 Å². The fraction of sp³-hybridized carbons (Fsp3) is 0.214. The first kappa shape index (κ1) is 13.8. The van der Waals surface area contributed by atoms with Crippen LogP contribution in [0, 0.1) is 5.82 Å². The lowest BCUT2D eigenvalue weighted by Gasteiger charge is -2.14. The quantitative estimate of drug-likeness (QED) is 0.934. The SMILES string of the molecule is CCOc1cncc(C(O)c2cccc(F)c2Cl)c1. The first-order chi connectivity index (χ1) is 9.13. The first-order valence-electron chi connectivity index (χ1n) is 5.83. The molecule has 0 amide bonds. The van der Waals surface area contributed by atoms with Crippen molar-refractivity contribution in [1.29, 1.82) is 0 Å². The highest BCUT2D eigenvalue weighted by atomic mass is 35.5. The second kappa shape index (κ2) is 5.99. The Balaban J connectivity index is 2.35. The Morgan fingerprint density at radius 2 is 2.21 bits per heavy atom. The van der Waals surface area contributed by atoms with E-state index in [1.807, 2.05) is 6.92 Å². The van der Waals surface area contributed by atoms with E-state index in [1.54, 1.807) is 18.3 Å². The molecule has 0 aliphatic rings. The van der Waals surface area contributed by atoms with Crippen molar-refractivity contribution in [2.75, 3.05) is 6.61 Å². The van der Waals surface area contributed by atoms with Crippen LogP contribution in [0.4, 0.5) is 4.39 Å². The molecule has 0 saturated heterocycles. The van der Waals surface area contributed by atoms with E-state index in [-0.39, 0.29) is 5.02 Å². The summed E-state index contributed by atoms with van der Waals surface area (Å²) >= 11 is 5.85. The molecular formula is C14H13ClFNO2. The zero-order chi connectivity index (χ0) is 13.8. The second-order valence-corrected chi connectivity index (χ2v) is 4.31. The molecule has 0 aliphatic heterocycles.